The Morgan fingerprint density at radius 2 is 1.84 bits per heavy atom. The van der Waals surface area contributed by atoms with E-state index in [-0.39, 0.29) is 5.91 Å². The molecule has 0 spiro atoms. The Kier molecular flexibility index (Phi) is 2.71. The highest BCUT2D eigenvalue weighted by molar-refractivity contribution is 6.19. The molecular formula is C17H15NO. The van der Waals surface area contributed by atoms with Gasteiger partial charge in [-0.05, 0) is 34.2 Å². The fourth-order valence-electron chi connectivity index (χ4n) is 2.71. The second-order valence-electron chi connectivity index (χ2n) is 4.72. The highest BCUT2D eigenvalue weighted by atomic mass is 16.1. The van der Waals surface area contributed by atoms with Crippen molar-refractivity contribution in [2.24, 2.45) is 0 Å². The lowest BCUT2D eigenvalue weighted by Gasteiger charge is -2.10. The number of carbonyl (C=O) groups excluding carboxylic acids is 1. The number of nitrogens with one attached hydrogen (secondary N) is 1. The SMILES string of the molecule is C=C(C(=O)NC)c1cccc2c1Cc1ccccc1-2. The molecule has 2 heteroatoms. The zero-order chi connectivity index (χ0) is 13.4. The summed E-state index contributed by atoms with van der Waals surface area (Å²) < 4.78 is 0. The summed E-state index contributed by atoms with van der Waals surface area (Å²) in [5.41, 5.74) is 6.49. The average Bonchev–Trinajstić information content (AvgIpc) is 2.84. The molecule has 0 radical (unpaired) electrons. The number of fused-ring (bicyclic) bond motifs is 3. The van der Waals surface area contributed by atoms with Crippen LogP contribution in [0, 0.1) is 0 Å². The number of amides is 1. The van der Waals surface area contributed by atoms with Crippen molar-refractivity contribution in [1.29, 1.82) is 0 Å². The Morgan fingerprint density at radius 1 is 1.11 bits per heavy atom. The molecule has 19 heavy (non-hydrogen) atoms. The first kappa shape index (κ1) is 11.7. The minimum absolute atomic E-state index is 0.121. The predicted molar refractivity (Wildman–Crippen MR) is 77.8 cm³/mol. The van der Waals surface area contributed by atoms with E-state index in [0.717, 1.165) is 12.0 Å². The first-order valence-electron chi connectivity index (χ1n) is 6.34. The number of rotatable bonds is 2. The summed E-state index contributed by atoms with van der Waals surface area (Å²) in [6.45, 7) is 3.92. The van der Waals surface area contributed by atoms with Crippen LogP contribution < -0.4 is 5.32 Å². The summed E-state index contributed by atoms with van der Waals surface area (Å²) in [6, 6.07) is 14.5. The molecule has 0 aromatic heterocycles. The van der Waals surface area contributed by atoms with Gasteiger partial charge in [0.25, 0.3) is 5.91 Å². The summed E-state index contributed by atoms with van der Waals surface area (Å²) in [5, 5.41) is 2.64. The summed E-state index contributed by atoms with van der Waals surface area (Å²) in [4.78, 5) is 11.8. The molecule has 0 heterocycles. The van der Waals surface area contributed by atoms with Crippen LogP contribution in [0.15, 0.2) is 49.0 Å². The molecule has 1 amide bonds. The van der Waals surface area contributed by atoms with Crippen molar-refractivity contribution in [2.45, 2.75) is 6.42 Å². The number of hydrogen-bond acceptors (Lipinski definition) is 1. The van der Waals surface area contributed by atoms with E-state index in [1.807, 2.05) is 18.2 Å². The number of benzene rings is 2. The summed E-state index contributed by atoms with van der Waals surface area (Å²) in [7, 11) is 1.63. The maximum atomic E-state index is 11.8. The Morgan fingerprint density at radius 3 is 2.63 bits per heavy atom. The third-order valence-corrected chi connectivity index (χ3v) is 3.68. The van der Waals surface area contributed by atoms with Crippen LogP contribution in [0.4, 0.5) is 0 Å². The molecule has 2 aromatic carbocycles. The van der Waals surface area contributed by atoms with E-state index in [0.29, 0.717) is 5.57 Å². The van der Waals surface area contributed by atoms with Gasteiger partial charge >= 0.3 is 0 Å². The van der Waals surface area contributed by atoms with Crippen LogP contribution in [0.3, 0.4) is 0 Å². The summed E-state index contributed by atoms with van der Waals surface area (Å²) >= 11 is 0. The molecule has 0 fully saturated rings. The highest BCUT2D eigenvalue weighted by Crippen LogP contribution is 2.39. The van der Waals surface area contributed by atoms with E-state index in [1.165, 1.54) is 22.3 Å². The van der Waals surface area contributed by atoms with Crippen LogP contribution in [-0.4, -0.2) is 13.0 Å². The van der Waals surface area contributed by atoms with Gasteiger partial charge in [-0.2, -0.15) is 0 Å². The van der Waals surface area contributed by atoms with Crippen LogP contribution in [0.25, 0.3) is 16.7 Å². The molecule has 0 saturated carbocycles. The van der Waals surface area contributed by atoms with Gasteiger partial charge in [0.15, 0.2) is 0 Å². The van der Waals surface area contributed by atoms with Crippen molar-refractivity contribution in [3.05, 3.63) is 65.7 Å². The van der Waals surface area contributed by atoms with E-state index in [9.17, 15) is 4.79 Å². The largest absolute Gasteiger partial charge is 0.355 e. The highest BCUT2D eigenvalue weighted by Gasteiger charge is 2.22. The lowest BCUT2D eigenvalue weighted by molar-refractivity contribution is -0.115. The van der Waals surface area contributed by atoms with Gasteiger partial charge in [-0.15, -0.1) is 0 Å². The van der Waals surface area contributed by atoms with Crippen LogP contribution in [-0.2, 0) is 11.2 Å². The van der Waals surface area contributed by atoms with Crippen LogP contribution in [0.1, 0.15) is 16.7 Å². The Hall–Kier alpha value is -2.35. The first-order valence-corrected chi connectivity index (χ1v) is 6.34. The fourth-order valence-corrected chi connectivity index (χ4v) is 2.71. The smallest absolute Gasteiger partial charge is 0.251 e. The minimum atomic E-state index is -0.121. The van der Waals surface area contributed by atoms with Gasteiger partial charge in [-0.25, -0.2) is 0 Å². The van der Waals surface area contributed by atoms with Crippen LogP contribution >= 0.6 is 0 Å². The topological polar surface area (TPSA) is 29.1 Å². The Labute approximate surface area is 112 Å². The molecule has 1 aliphatic rings. The van der Waals surface area contributed by atoms with Gasteiger partial charge < -0.3 is 5.32 Å². The summed E-state index contributed by atoms with van der Waals surface area (Å²) in [5.74, 6) is -0.121. The molecule has 1 N–H and O–H groups in total. The van der Waals surface area contributed by atoms with Crippen molar-refractivity contribution in [3.63, 3.8) is 0 Å². The zero-order valence-electron chi connectivity index (χ0n) is 10.9. The standard InChI is InChI=1S/C17H15NO/c1-11(17(19)18-2)13-8-5-9-15-14-7-4-3-6-12(14)10-16(13)15/h3-9H,1,10H2,2H3,(H,18,19). The normalized spacial score (nSPS) is 11.6. The lowest BCUT2D eigenvalue weighted by Crippen LogP contribution is -2.19. The van der Waals surface area contributed by atoms with Gasteiger partial charge in [0, 0.05) is 12.6 Å². The molecule has 0 atom stereocenters. The van der Waals surface area contributed by atoms with Gasteiger partial charge in [0.05, 0.1) is 0 Å². The van der Waals surface area contributed by atoms with Gasteiger partial charge in [0.2, 0.25) is 0 Å². The molecule has 0 bridgehead atoms. The molecule has 2 aromatic rings. The van der Waals surface area contributed by atoms with Crippen molar-refractivity contribution in [2.75, 3.05) is 7.05 Å². The average molecular weight is 249 g/mol. The molecule has 0 aliphatic heterocycles. The van der Waals surface area contributed by atoms with Gasteiger partial charge in [-0.1, -0.05) is 49.0 Å². The third-order valence-electron chi connectivity index (χ3n) is 3.68. The van der Waals surface area contributed by atoms with Crippen LogP contribution in [0.2, 0.25) is 0 Å². The van der Waals surface area contributed by atoms with E-state index in [1.54, 1.807) is 7.05 Å². The first-order chi connectivity index (χ1) is 9.22. The fraction of sp³-hybridized carbons (Fsp3) is 0.118. The second kappa shape index (κ2) is 4.39. The van der Waals surface area contributed by atoms with Crippen molar-refractivity contribution in [1.82, 2.24) is 5.32 Å². The lowest BCUT2D eigenvalue weighted by atomic mass is 9.96. The number of hydrogen-bond donors (Lipinski definition) is 1. The van der Waals surface area contributed by atoms with Gasteiger partial charge in [0.1, 0.15) is 0 Å². The molecule has 2 nitrogen and oxygen atoms in total. The van der Waals surface area contributed by atoms with E-state index in [4.69, 9.17) is 0 Å². The van der Waals surface area contributed by atoms with Crippen molar-refractivity contribution >= 4 is 11.5 Å². The van der Waals surface area contributed by atoms with E-state index in [2.05, 4.69) is 36.2 Å². The maximum Gasteiger partial charge on any atom is 0.251 e. The molecule has 0 unspecified atom stereocenters. The molecule has 3 rings (SSSR count). The number of likely N-dealkylation sites (N-methyl/N-ethyl adjacent to an activating group) is 1. The molecule has 94 valence electrons. The Balaban J connectivity index is 2.14. The molecule has 0 saturated heterocycles. The molecular weight excluding hydrogens is 234 g/mol. The quantitative estimate of drug-likeness (QED) is 0.695. The monoisotopic (exact) mass is 249 g/mol. The van der Waals surface area contributed by atoms with Gasteiger partial charge in [-0.3, -0.25) is 4.79 Å². The second-order valence-corrected chi connectivity index (χ2v) is 4.72. The minimum Gasteiger partial charge on any atom is -0.355 e. The summed E-state index contributed by atoms with van der Waals surface area (Å²) in [6.07, 6.45) is 0.873. The van der Waals surface area contributed by atoms with Crippen molar-refractivity contribution in [3.8, 4) is 11.1 Å². The van der Waals surface area contributed by atoms with E-state index < -0.39 is 0 Å². The van der Waals surface area contributed by atoms with Crippen LogP contribution in [0.5, 0.6) is 0 Å². The number of carbonyl (C=O) groups is 1. The van der Waals surface area contributed by atoms with E-state index >= 15 is 0 Å². The van der Waals surface area contributed by atoms with Crippen molar-refractivity contribution < 1.29 is 4.79 Å². The Bertz CT molecular complexity index is 685. The molecule has 1 aliphatic carbocycles. The zero-order valence-corrected chi connectivity index (χ0v) is 10.9. The third kappa shape index (κ3) is 1.76. The predicted octanol–water partition coefficient (Wildman–Crippen LogP) is 3.02. The maximum absolute atomic E-state index is 11.8.